The number of para-hydroxylation sites is 2. The minimum atomic E-state index is -3.11. The van der Waals surface area contributed by atoms with Gasteiger partial charge in [0, 0.05) is 29.2 Å². The van der Waals surface area contributed by atoms with E-state index in [4.69, 9.17) is 4.98 Å². The van der Waals surface area contributed by atoms with Gasteiger partial charge in [0.1, 0.15) is 5.82 Å². The number of hydrogen-bond acceptors (Lipinski definition) is 3. The second-order valence-electron chi connectivity index (χ2n) is 20.0. The van der Waals surface area contributed by atoms with Crippen LogP contribution in [-0.4, -0.2) is 24.3 Å². The highest BCUT2D eigenvalue weighted by atomic mass is 28.3. The summed E-state index contributed by atoms with van der Waals surface area (Å²) in [6, 6.07) is 86.4. The molecule has 0 aliphatic carbocycles. The molecular weight excluding hydrogens is 865 g/mol. The lowest BCUT2D eigenvalue weighted by Gasteiger charge is -2.33. The van der Waals surface area contributed by atoms with E-state index in [2.05, 4.69) is 266 Å². The van der Waals surface area contributed by atoms with Crippen LogP contribution < -0.4 is 30.5 Å². The average Bonchev–Trinajstić information content (AvgIpc) is 4.05. The molecule has 2 aliphatic heterocycles. The van der Waals surface area contributed by atoms with Crippen LogP contribution in [0.3, 0.4) is 0 Å². The van der Waals surface area contributed by atoms with E-state index in [1.54, 1.807) is 0 Å². The van der Waals surface area contributed by atoms with Gasteiger partial charge in [-0.15, -0.1) is 0 Å². The summed E-state index contributed by atoms with van der Waals surface area (Å²) in [7, 11) is -3.11. The molecule has 0 bridgehead atoms. The Labute approximate surface area is 411 Å². The molecule has 0 unspecified atom stereocenters. The fraction of sp³-hybridized carbons (Fsp3) is 0.0923. The highest BCUT2D eigenvalue weighted by Crippen LogP contribution is 2.43. The molecule has 0 radical (unpaired) electrons. The monoisotopic (exact) mass is 916 g/mol. The Balaban J connectivity index is 1.10. The van der Waals surface area contributed by atoms with Crippen LogP contribution in [0.4, 0.5) is 17.1 Å². The fourth-order valence-corrected chi connectivity index (χ4v) is 16.8. The van der Waals surface area contributed by atoms with Gasteiger partial charge >= 0.3 is 0 Å². The minimum Gasteiger partial charge on any atom is -0.347 e. The van der Waals surface area contributed by atoms with Crippen LogP contribution in [0.5, 0.6) is 0 Å². The molecule has 2 aromatic heterocycles. The number of benzene rings is 9. The van der Waals surface area contributed by atoms with Gasteiger partial charge in [0.2, 0.25) is 0 Å². The SMILES string of the molecule is CC(C)(C)c1ccnc(-n2c3ccc(-c4ccccc4)cc3c3ccc([Si]4(c5cc(-c6ccccc6)cc(N6CN(Cc7ccccc7)c7ccccc76)c5)c5ccccc5-c5ccccc54)cc32)c1. The van der Waals surface area contributed by atoms with Crippen molar-refractivity contribution in [2.45, 2.75) is 32.7 Å². The maximum atomic E-state index is 5.17. The minimum absolute atomic E-state index is 0.0494. The van der Waals surface area contributed by atoms with Crippen molar-refractivity contribution in [2.24, 2.45) is 0 Å². The normalized spacial score (nSPS) is 13.7. The molecule has 5 heteroatoms. The van der Waals surface area contributed by atoms with Crippen LogP contribution in [-0.2, 0) is 12.0 Å². The summed E-state index contributed by atoms with van der Waals surface area (Å²) < 4.78 is 2.43. The first-order valence-electron chi connectivity index (χ1n) is 24.5. The zero-order chi connectivity index (χ0) is 47.0. The maximum absolute atomic E-state index is 5.17. The third-order valence-electron chi connectivity index (χ3n) is 14.9. The number of anilines is 3. The number of rotatable bonds is 8. The highest BCUT2D eigenvalue weighted by Gasteiger charge is 2.49. The zero-order valence-corrected chi connectivity index (χ0v) is 40.7. The van der Waals surface area contributed by atoms with Crippen LogP contribution in [0.1, 0.15) is 31.9 Å². The number of hydrogen-bond donors (Lipinski definition) is 0. The quantitative estimate of drug-likeness (QED) is 0.142. The van der Waals surface area contributed by atoms with Gasteiger partial charge in [0.25, 0.3) is 0 Å². The van der Waals surface area contributed by atoms with Gasteiger partial charge in [-0.3, -0.25) is 4.57 Å². The molecule has 70 heavy (non-hydrogen) atoms. The topological polar surface area (TPSA) is 24.3 Å². The van der Waals surface area contributed by atoms with E-state index in [1.165, 1.54) is 93.1 Å². The van der Waals surface area contributed by atoms with Gasteiger partial charge in [-0.2, -0.15) is 0 Å². The van der Waals surface area contributed by atoms with Crippen molar-refractivity contribution in [3.8, 4) is 39.2 Å². The Hall–Kier alpha value is -8.25. The number of aromatic nitrogens is 2. The first-order chi connectivity index (χ1) is 34.3. The Morgan fingerprint density at radius 1 is 0.471 bits per heavy atom. The fourth-order valence-electron chi connectivity index (χ4n) is 11.6. The lowest BCUT2D eigenvalue weighted by atomic mass is 9.88. The van der Waals surface area contributed by atoms with Crippen molar-refractivity contribution in [1.29, 1.82) is 0 Å². The number of fused-ring (bicyclic) bond motifs is 7. The molecule has 0 N–H and O–H groups in total. The lowest BCUT2D eigenvalue weighted by Crippen LogP contribution is -2.72. The maximum Gasteiger partial charge on any atom is 0.181 e. The molecule has 4 nitrogen and oxygen atoms in total. The first-order valence-corrected chi connectivity index (χ1v) is 26.5. The largest absolute Gasteiger partial charge is 0.347 e. The van der Waals surface area contributed by atoms with E-state index >= 15 is 0 Å². The predicted octanol–water partition coefficient (Wildman–Crippen LogP) is 13.3. The van der Waals surface area contributed by atoms with E-state index in [9.17, 15) is 0 Å². The zero-order valence-electron chi connectivity index (χ0n) is 39.7. The summed E-state index contributed by atoms with van der Waals surface area (Å²) in [4.78, 5) is 10.2. The molecule has 336 valence electrons. The second-order valence-corrected chi connectivity index (χ2v) is 23.8. The van der Waals surface area contributed by atoms with Crippen molar-refractivity contribution in [3.05, 3.63) is 248 Å². The molecule has 4 heterocycles. The van der Waals surface area contributed by atoms with Gasteiger partial charge in [-0.05, 0) is 125 Å². The van der Waals surface area contributed by atoms with E-state index in [0.29, 0.717) is 0 Å². The van der Waals surface area contributed by atoms with Gasteiger partial charge in [0.05, 0.1) is 29.1 Å². The van der Waals surface area contributed by atoms with Gasteiger partial charge in [-0.25, -0.2) is 4.98 Å². The smallest absolute Gasteiger partial charge is 0.181 e. The molecule has 0 saturated heterocycles. The molecule has 0 spiro atoms. The lowest BCUT2D eigenvalue weighted by molar-refractivity contribution is 0.588. The molecule has 0 amide bonds. The van der Waals surface area contributed by atoms with Gasteiger partial charge < -0.3 is 9.80 Å². The molecule has 13 rings (SSSR count). The highest BCUT2D eigenvalue weighted by molar-refractivity contribution is 7.22. The van der Waals surface area contributed by atoms with Crippen LogP contribution in [0, 0.1) is 0 Å². The second kappa shape index (κ2) is 16.5. The van der Waals surface area contributed by atoms with Gasteiger partial charge in [-0.1, -0.05) is 197 Å². The van der Waals surface area contributed by atoms with E-state index in [-0.39, 0.29) is 5.41 Å². The molecule has 9 aromatic carbocycles. The average molecular weight is 917 g/mol. The molecular formula is C65H52N4Si. The van der Waals surface area contributed by atoms with E-state index in [0.717, 1.165) is 30.1 Å². The molecule has 0 saturated carbocycles. The van der Waals surface area contributed by atoms with Gasteiger partial charge in [0.15, 0.2) is 8.07 Å². The third kappa shape index (κ3) is 6.75. The van der Waals surface area contributed by atoms with Crippen LogP contribution in [0.15, 0.2) is 237 Å². The Morgan fingerprint density at radius 2 is 1.10 bits per heavy atom. The number of pyridine rings is 1. The third-order valence-corrected chi connectivity index (χ3v) is 19.7. The Morgan fingerprint density at radius 3 is 1.80 bits per heavy atom. The Bertz CT molecular complexity index is 3730. The van der Waals surface area contributed by atoms with Crippen molar-refractivity contribution < 1.29 is 0 Å². The van der Waals surface area contributed by atoms with E-state index < -0.39 is 8.07 Å². The number of nitrogens with zero attached hydrogens (tertiary/aromatic N) is 4. The van der Waals surface area contributed by atoms with Crippen LogP contribution >= 0.6 is 0 Å². The predicted molar refractivity (Wildman–Crippen MR) is 297 cm³/mol. The molecule has 0 atom stereocenters. The van der Waals surface area contributed by atoms with Crippen LogP contribution in [0.25, 0.3) is 61.0 Å². The van der Waals surface area contributed by atoms with Crippen LogP contribution in [0.2, 0.25) is 0 Å². The van der Waals surface area contributed by atoms with Crippen molar-refractivity contribution in [3.63, 3.8) is 0 Å². The van der Waals surface area contributed by atoms with Crippen molar-refractivity contribution >= 4 is 67.7 Å². The molecule has 2 aliphatic rings. The van der Waals surface area contributed by atoms with Crippen molar-refractivity contribution in [1.82, 2.24) is 9.55 Å². The summed E-state index contributed by atoms with van der Waals surface area (Å²) in [6.07, 6.45) is 1.99. The molecule has 11 aromatic rings. The summed E-state index contributed by atoms with van der Waals surface area (Å²) in [5.41, 5.74) is 16.0. The summed E-state index contributed by atoms with van der Waals surface area (Å²) in [6.45, 7) is 8.42. The first kappa shape index (κ1) is 41.9. The van der Waals surface area contributed by atoms with Crippen molar-refractivity contribution in [2.75, 3.05) is 16.5 Å². The van der Waals surface area contributed by atoms with E-state index in [1.807, 2.05) is 6.20 Å². The molecule has 0 fully saturated rings. The summed E-state index contributed by atoms with van der Waals surface area (Å²) in [5.74, 6) is 0.932. The summed E-state index contributed by atoms with van der Waals surface area (Å²) in [5, 5.41) is 7.98. The Kier molecular flexibility index (Phi) is 9.86. The standard InChI is InChI=1S/C65H52N4Si/c1-65(2,3)50-35-36-66-64(40-50)69-58-34-31-48(46-21-9-5-10-22-46)39-57(58)54-33-32-52(42-61(54)69)70(62-29-17-13-25-55(62)56-26-14-18-30-63(56)70)53-38-49(47-23-11-6-12-24-47)37-51(41-53)68-44-67(43-45-19-7-4-8-20-45)59-27-15-16-28-60(59)68/h4-42H,43-44H2,1-3H3. The summed E-state index contributed by atoms with van der Waals surface area (Å²) >= 11 is 0.